The first kappa shape index (κ1) is 17.7. The lowest BCUT2D eigenvalue weighted by Crippen LogP contribution is -2.32. The van der Waals surface area contributed by atoms with Gasteiger partial charge in [0.15, 0.2) is 4.67 Å². The van der Waals surface area contributed by atoms with E-state index in [9.17, 15) is 4.79 Å². The fourth-order valence-electron chi connectivity index (χ4n) is 3.02. The molecule has 0 atom stereocenters. The smallest absolute Gasteiger partial charge is 0.271 e. The molecule has 0 bridgehead atoms. The Morgan fingerprint density at radius 1 is 1.22 bits per heavy atom. The maximum Gasteiger partial charge on any atom is 0.271 e. The van der Waals surface area contributed by atoms with Gasteiger partial charge >= 0.3 is 0 Å². The summed E-state index contributed by atoms with van der Waals surface area (Å²) >= 11 is 0. The van der Waals surface area contributed by atoms with Crippen molar-refractivity contribution < 1.29 is 9.53 Å². The Hall–Kier alpha value is -2.71. The molecule has 2 N–H and O–H groups in total. The van der Waals surface area contributed by atoms with Crippen LogP contribution in [0.2, 0.25) is 0 Å². The largest absolute Gasteiger partial charge is 0.497 e. The van der Waals surface area contributed by atoms with Gasteiger partial charge in [-0.2, -0.15) is 5.10 Å². The zero-order chi connectivity index (χ0) is 19.0. The molecule has 0 radical (unpaired) electrons. The van der Waals surface area contributed by atoms with Crippen molar-refractivity contribution in [1.29, 1.82) is 0 Å². The average molecular weight is 399 g/mol. The quantitative estimate of drug-likeness (QED) is 0.520. The van der Waals surface area contributed by atoms with Crippen molar-refractivity contribution in [2.45, 2.75) is 19.4 Å². The molecule has 0 fully saturated rings. The molecule has 0 saturated carbocycles. The highest BCUT2D eigenvalue weighted by molar-refractivity contribution is 7.68. The van der Waals surface area contributed by atoms with Crippen molar-refractivity contribution in [2.75, 3.05) is 12.4 Å². The second-order valence-electron chi connectivity index (χ2n) is 6.63. The van der Waals surface area contributed by atoms with E-state index in [4.69, 9.17) is 4.74 Å². The molecule has 27 heavy (non-hydrogen) atoms. The molecular weight excluding hydrogens is 380 g/mol. The van der Waals surface area contributed by atoms with E-state index in [-0.39, 0.29) is 11.4 Å². The summed E-state index contributed by atoms with van der Waals surface area (Å²) in [7, 11) is 4.87. The standard InChI is InChI=1S/C19H18N4O2S2/c1-19(2)16-15(13-10-12(25-3)4-5-14(13)21-19)18(27-26-16)23-22-17(24)11-6-8-20-9-7-11/h4-10,21H,1-3H3,(H,22,24)/b23-18-. The lowest BCUT2D eigenvalue weighted by molar-refractivity contribution is 0.0953. The number of nitrogens with zero attached hydrogens (tertiary/aromatic N) is 2. The molecule has 0 aliphatic carbocycles. The molecule has 3 aromatic rings. The van der Waals surface area contributed by atoms with Gasteiger partial charge in [0, 0.05) is 34.8 Å². The van der Waals surface area contributed by atoms with Crippen molar-refractivity contribution in [3.05, 3.63) is 57.8 Å². The molecule has 4 rings (SSSR count). The highest BCUT2D eigenvalue weighted by Gasteiger charge is 2.33. The number of rotatable bonds is 3. The van der Waals surface area contributed by atoms with Gasteiger partial charge in [-0.25, -0.2) is 5.43 Å². The van der Waals surface area contributed by atoms with Gasteiger partial charge in [-0.15, -0.1) is 0 Å². The highest BCUT2D eigenvalue weighted by atomic mass is 32.9. The fourth-order valence-corrected chi connectivity index (χ4v) is 5.90. The van der Waals surface area contributed by atoms with Crippen LogP contribution in [0.1, 0.15) is 29.1 Å². The number of anilines is 1. The molecule has 1 aromatic carbocycles. The van der Waals surface area contributed by atoms with E-state index < -0.39 is 0 Å². The number of hydrogen-bond acceptors (Lipinski definition) is 7. The van der Waals surface area contributed by atoms with E-state index in [1.807, 2.05) is 18.2 Å². The molecule has 0 unspecified atom stereocenters. The van der Waals surface area contributed by atoms with Gasteiger partial charge in [0.05, 0.1) is 17.5 Å². The average Bonchev–Trinajstić information content (AvgIpc) is 3.12. The lowest BCUT2D eigenvalue weighted by atomic mass is 9.90. The number of carbonyl (C=O) groups is 1. The molecular formula is C19H18N4O2S2. The predicted octanol–water partition coefficient (Wildman–Crippen LogP) is 3.79. The molecule has 138 valence electrons. The number of nitrogens with one attached hydrogen (secondary N) is 2. The Balaban J connectivity index is 1.79. The first-order valence-electron chi connectivity index (χ1n) is 8.34. The van der Waals surface area contributed by atoms with E-state index in [2.05, 4.69) is 34.7 Å². The number of benzene rings is 1. The number of hydrogen-bond donors (Lipinski definition) is 2. The third kappa shape index (κ3) is 3.22. The zero-order valence-electron chi connectivity index (χ0n) is 15.1. The number of pyridine rings is 1. The van der Waals surface area contributed by atoms with E-state index in [1.165, 1.54) is 4.88 Å². The fraction of sp³-hybridized carbons (Fsp3) is 0.211. The zero-order valence-corrected chi connectivity index (χ0v) is 16.7. The summed E-state index contributed by atoms with van der Waals surface area (Å²) in [5.41, 5.74) is 6.05. The molecule has 2 aromatic heterocycles. The summed E-state index contributed by atoms with van der Waals surface area (Å²) in [5, 5.41) is 7.99. The van der Waals surface area contributed by atoms with Crippen LogP contribution in [0.3, 0.4) is 0 Å². The Kier molecular flexibility index (Phi) is 4.45. The molecule has 8 heteroatoms. The van der Waals surface area contributed by atoms with Gasteiger partial charge in [-0.1, -0.05) is 20.7 Å². The minimum Gasteiger partial charge on any atom is -0.497 e. The predicted molar refractivity (Wildman–Crippen MR) is 108 cm³/mol. The van der Waals surface area contributed by atoms with Gasteiger partial charge in [-0.3, -0.25) is 9.78 Å². The van der Waals surface area contributed by atoms with Crippen molar-refractivity contribution in [2.24, 2.45) is 5.10 Å². The van der Waals surface area contributed by atoms with E-state index in [0.717, 1.165) is 27.2 Å². The van der Waals surface area contributed by atoms with Crippen LogP contribution >= 0.6 is 20.7 Å². The molecule has 0 saturated heterocycles. The van der Waals surface area contributed by atoms with Crippen LogP contribution in [0.4, 0.5) is 5.69 Å². The van der Waals surface area contributed by atoms with Gasteiger partial charge in [0.2, 0.25) is 0 Å². The second-order valence-corrected chi connectivity index (χ2v) is 8.75. The third-order valence-electron chi connectivity index (χ3n) is 4.36. The van der Waals surface area contributed by atoms with Crippen LogP contribution in [0, 0.1) is 0 Å². The van der Waals surface area contributed by atoms with Crippen LogP contribution in [-0.2, 0) is 5.54 Å². The highest BCUT2D eigenvalue weighted by Crippen LogP contribution is 2.46. The SMILES string of the molecule is COc1ccc2c(c1)-c1c(ss/c1=N\NC(=O)c1ccncc1)C(C)(C)N2. The topological polar surface area (TPSA) is 75.6 Å². The van der Waals surface area contributed by atoms with E-state index in [1.54, 1.807) is 52.3 Å². The first-order chi connectivity index (χ1) is 13.0. The van der Waals surface area contributed by atoms with E-state index >= 15 is 0 Å². The number of ether oxygens (including phenoxy) is 1. The maximum atomic E-state index is 12.3. The van der Waals surface area contributed by atoms with Crippen molar-refractivity contribution >= 4 is 32.3 Å². The summed E-state index contributed by atoms with van der Waals surface area (Å²) in [5.74, 6) is 0.521. The Morgan fingerprint density at radius 3 is 2.74 bits per heavy atom. The first-order valence-corrected chi connectivity index (χ1v) is 10.5. The molecule has 3 heterocycles. The van der Waals surface area contributed by atoms with E-state index in [0.29, 0.717) is 5.56 Å². The Bertz CT molecular complexity index is 1070. The van der Waals surface area contributed by atoms with Crippen molar-refractivity contribution in [3.8, 4) is 16.9 Å². The number of methoxy groups -OCH3 is 1. The van der Waals surface area contributed by atoms with Crippen LogP contribution in [0.5, 0.6) is 5.75 Å². The number of fused-ring (bicyclic) bond motifs is 3. The monoisotopic (exact) mass is 398 g/mol. The van der Waals surface area contributed by atoms with Gasteiger partial charge < -0.3 is 10.1 Å². The molecule has 0 spiro atoms. The molecule has 1 amide bonds. The van der Waals surface area contributed by atoms with Gasteiger partial charge in [-0.05, 0) is 44.2 Å². The molecule has 1 aliphatic rings. The summed E-state index contributed by atoms with van der Waals surface area (Å²) in [6.45, 7) is 4.28. The minimum absolute atomic E-state index is 0.221. The third-order valence-corrected chi connectivity index (χ3v) is 7.00. The van der Waals surface area contributed by atoms with Crippen molar-refractivity contribution in [3.63, 3.8) is 0 Å². The van der Waals surface area contributed by atoms with Crippen LogP contribution in [-0.4, -0.2) is 18.0 Å². The summed E-state index contributed by atoms with van der Waals surface area (Å²) in [6.07, 6.45) is 3.17. The normalized spacial score (nSPS) is 14.7. The van der Waals surface area contributed by atoms with Crippen LogP contribution in [0.25, 0.3) is 11.1 Å². The number of carbonyl (C=O) groups excluding carboxylic acids is 1. The Morgan fingerprint density at radius 2 is 2.00 bits per heavy atom. The second kappa shape index (κ2) is 6.79. The minimum atomic E-state index is -0.261. The summed E-state index contributed by atoms with van der Waals surface area (Å²) in [4.78, 5) is 17.4. The number of amides is 1. The summed E-state index contributed by atoms with van der Waals surface area (Å²) in [6, 6.07) is 9.26. The number of aromatic nitrogens is 1. The maximum absolute atomic E-state index is 12.3. The van der Waals surface area contributed by atoms with Crippen LogP contribution in [0.15, 0.2) is 47.8 Å². The molecule has 6 nitrogen and oxygen atoms in total. The van der Waals surface area contributed by atoms with Gasteiger partial charge in [0.25, 0.3) is 5.91 Å². The van der Waals surface area contributed by atoms with Crippen molar-refractivity contribution in [1.82, 2.24) is 10.4 Å². The van der Waals surface area contributed by atoms with Crippen LogP contribution < -0.4 is 20.2 Å². The lowest BCUT2D eigenvalue weighted by Gasteiger charge is -2.33. The Labute approximate surface area is 163 Å². The summed E-state index contributed by atoms with van der Waals surface area (Å²) < 4.78 is 6.17. The molecule has 1 aliphatic heterocycles. The van der Waals surface area contributed by atoms with Gasteiger partial charge in [0.1, 0.15) is 5.75 Å².